The molecule has 0 aliphatic heterocycles. The molecule has 0 aromatic heterocycles. The molecule has 0 heterocycles. The maximum atomic E-state index is 13.8. The average molecular weight is 859 g/mol. The van der Waals surface area contributed by atoms with Gasteiger partial charge in [0.2, 0.25) is 5.60 Å². The van der Waals surface area contributed by atoms with Crippen molar-refractivity contribution >= 4 is 17.3 Å². The van der Waals surface area contributed by atoms with Gasteiger partial charge in [0.25, 0.3) is 0 Å². The highest BCUT2D eigenvalue weighted by Crippen LogP contribution is 2.32. The first kappa shape index (κ1) is 59.4. The van der Waals surface area contributed by atoms with Gasteiger partial charge in [-0.05, 0) is 70.6 Å². The van der Waals surface area contributed by atoms with Crippen molar-refractivity contribution in [1.82, 2.24) is 0 Å². The van der Waals surface area contributed by atoms with Crippen molar-refractivity contribution in [1.29, 1.82) is 0 Å². The summed E-state index contributed by atoms with van der Waals surface area (Å²) >= 11 is 0. The highest BCUT2D eigenvalue weighted by atomic mass is 16.4. The third-order valence-corrected chi connectivity index (χ3v) is 12.9. The first-order chi connectivity index (χ1) is 29.8. The Morgan fingerprint density at radius 2 is 0.541 bits per heavy atom. The van der Waals surface area contributed by atoms with E-state index in [-0.39, 0.29) is 19.3 Å². The second-order valence-corrected chi connectivity index (χ2v) is 18.7. The Labute approximate surface area is 378 Å². The van der Waals surface area contributed by atoms with E-state index in [2.05, 4.69) is 45.1 Å². The van der Waals surface area contributed by atoms with Gasteiger partial charge in [-0.3, -0.25) is 14.4 Å². The normalized spacial score (nSPS) is 13.9. The standard InChI is InChI=1S/C55H102O6/c1-4-7-10-13-16-19-22-25-27-30-32-35-38-41-44-47-51(57)54(60,50-56)55(61,52(58)48-45-42-39-36-33-29-24-21-18-15-12-9-6-3)53(59)49-46-43-40-37-34-31-28-26-23-20-17-14-11-8-5-2/h25-28,56,60-61H,4-24,29-50H2,1-3H3. The predicted octanol–water partition coefficient (Wildman–Crippen LogP) is 15.7. The average Bonchev–Trinajstić information content (AvgIpc) is 3.26. The molecule has 0 radical (unpaired) electrons. The second-order valence-electron chi connectivity index (χ2n) is 18.7. The zero-order valence-electron chi connectivity index (χ0n) is 40.8. The Balaban J connectivity index is 4.96. The fourth-order valence-corrected chi connectivity index (χ4v) is 8.61. The number of unbranched alkanes of at least 4 members (excludes halogenated alkanes) is 34. The van der Waals surface area contributed by atoms with Crippen LogP contribution < -0.4 is 0 Å². The topological polar surface area (TPSA) is 112 Å². The summed E-state index contributed by atoms with van der Waals surface area (Å²) in [4.78, 5) is 41.2. The monoisotopic (exact) mass is 859 g/mol. The van der Waals surface area contributed by atoms with E-state index in [1.54, 1.807) is 0 Å². The number of rotatable bonds is 49. The van der Waals surface area contributed by atoms with Gasteiger partial charge in [0.05, 0.1) is 6.61 Å². The predicted molar refractivity (Wildman–Crippen MR) is 261 cm³/mol. The summed E-state index contributed by atoms with van der Waals surface area (Å²) in [6, 6.07) is 0. The number of ketones is 3. The van der Waals surface area contributed by atoms with Gasteiger partial charge >= 0.3 is 0 Å². The minimum absolute atomic E-state index is 0.0930. The molecule has 2 atom stereocenters. The maximum absolute atomic E-state index is 13.8. The number of carbonyl (C=O) groups excluding carboxylic acids is 3. The number of Topliss-reactive ketones (excluding diaryl/α,β-unsaturated/α-hetero) is 3. The molecule has 0 spiro atoms. The Hall–Kier alpha value is -1.63. The molecular formula is C55H102O6. The Morgan fingerprint density at radius 3 is 0.787 bits per heavy atom. The number of hydrogen-bond acceptors (Lipinski definition) is 6. The smallest absolute Gasteiger partial charge is 0.219 e. The van der Waals surface area contributed by atoms with Crippen molar-refractivity contribution in [3.05, 3.63) is 24.3 Å². The van der Waals surface area contributed by atoms with Gasteiger partial charge in [0.1, 0.15) is 0 Å². The molecule has 0 saturated heterocycles. The van der Waals surface area contributed by atoms with E-state index in [0.717, 1.165) is 103 Å². The van der Waals surface area contributed by atoms with E-state index < -0.39 is 35.2 Å². The minimum Gasteiger partial charge on any atom is -0.393 e. The van der Waals surface area contributed by atoms with E-state index >= 15 is 0 Å². The maximum Gasteiger partial charge on any atom is 0.219 e. The second kappa shape index (κ2) is 43.6. The fourth-order valence-electron chi connectivity index (χ4n) is 8.61. The van der Waals surface area contributed by atoms with Crippen LogP contribution in [0.3, 0.4) is 0 Å². The van der Waals surface area contributed by atoms with Crippen molar-refractivity contribution in [3.8, 4) is 0 Å². The van der Waals surface area contributed by atoms with Gasteiger partial charge in [0.15, 0.2) is 23.0 Å². The molecule has 0 amide bonds. The van der Waals surface area contributed by atoms with Crippen LogP contribution in [0.25, 0.3) is 0 Å². The summed E-state index contributed by atoms with van der Waals surface area (Å²) in [5.74, 6) is -2.48. The van der Waals surface area contributed by atoms with Gasteiger partial charge in [0, 0.05) is 19.3 Å². The first-order valence-electron chi connectivity index (χ1n) is 26.7. The van der Waals surface area contributed by atoms with Crippen LogP contribution in [-0.2, 0) is 14.4 Å². The first-order valence-corrected chi connectivity index (χ1v) is 26.7. The van der Waals surface area contributed by atoms with Crippen LogP contribution in [0.5, 0.6) is 0 Å². The lowest BCUT2D eigenvalue weighted by molar-refractivity contribution is -0.194. The third-order valence-electron chi connectivity index (χ3n) is 12.9. The number of carbonyl (C=O) groups is 3. The van der Waals surface area contributed by atoms with Crippen LogP contribution in [0.1, 0.15) is 290 Å². The highest BCUT2D eigenvalue weighted by molar-refractivity contribution is 6.16. The fraction of sp³-hybridized carbons (Fsp3) is 0.873. The number of hydrogen-bond donors (Lipinski definition) is 3. The molecule has 0 aliphatic rings. The van der Waals surface area contributed by atoms with E-state index in [9.17, 15) is 29.7 Å². The van der Waals surface area contributed by atoms with Gasteiger partial charge in [-0.1, -0.05) is 225 Å². The summed E-state index contributed by atoms with van der Waals surface area (Å²) in [5.41, 5.74) is -5.76. The van der Waals surface area contributed by atoms with Crippen LogP contribution in [-0.4, -0.2) is 50.5 Å². The number of allylic oxidation sites excluding steroid dienone is 4. The Kier molecular flexibility index (Phi) is 42.4. The van der Waals surface area contributed by atoms with Crippen LogP contribution >= 0.6 is 0 Å². The molecule has 0 aliphatic carbocycles. The molecule has 0 aromatic carbocycles. The SMILES string of the molecule is CCCCCCCCC=CCCCCCCCC(=O)C(O)(CO)C(O)(C(=O)CCCCCCCC=CCCCCCCCC)C(=O)CCCCCCCCCCCCCCC. The van der Waals surface area contributed by atoms with Crippen LogP contribution in [0.2, 0.25) is 0 Å². The molecule has 358 valence electrons. The molecule has 0 saturated carbocycles. The third kappa shape index (κ3) is 31.0. The van der Waals surface area contributed by atoms with Crippen LogP contribution in [0, 0.1) is 0 Å². The zero-order valence-corrected chi connectivity index (χ0v) is 40.8. The molecule has 61 heavy (non-hydrogen) atoms. The Bertz CT molecular complexity index is 1070. The van der Waals surface area contributed by atoms with E-state index in [1.807, 2.05) is 0 Å². The lowest BCUT2D eigenvalue weighted by Gasteiger charge is -2.39. The van der Waals surface area contributed by atoms with E-state index in [1.165, 1.54) is 128 Å². The summed E-state index contributed by atoms with van der Waals surface area (Å²) in [6.07, 6.45) is 52.4. The van der Waals surface area contributed by atoms with Crippen LogP contribution in [0.4, 0.5) is 0 Å². The molecule has 0 aromatic rings. The van der Waals surface area contributed by atoms with Crippen LogP contribution in [0.15, 0.2) is 24.3 Å². The quantitative estimate of drug-likeness (QED) is 0.0319. The lowest BCUT2D eigenvalue weighted by atomic mass is 9.71. The highest BCUT2D eigenvalue weighted by Gasteiger charge is 2.62. The van der Waals surface area contributed by atoms with Crippen molar-refractivity contribution in [2.75, 3.05) is 6.61 Å². The summed E-state index contributed by atoms with van der Waals surface area (Å²) in [6.45, 7) is 5.58. The van der Waals surface area contributed by atoms with E-state index in [0.29, 0.717) is 19.3 Å². The van der Waals surface area contributed by atoms with Crippen molar-refractivity contribution in [3.63, 3.8) is 0 Å². The molecule has 0 fully saturated rings. The zero-order chi connectivity index (χ0) is 45.0. The Morgan fingerprint density at radius 1 is 0.328 bits per heavy atom. The molecule has 3 N–H and O–H groups in total. The molecule has 6 heteroatoms. The summed E-state index contributed by atoms with van der Waals surface area (Å²) in [5, 5.41) is 34.1. The summed E-state index contributed by atoms with van der Waals surface area (Å²) < 4.78 is 0. The van der Waals surface area contributed by atoms with Crippen molar-refractivity contribution < 1.29 is 29.7 Å². The molecular weight excluding hydrogens is 757 g/mol. The number of aliphatic hydroxyl groups is 3. The molecule has 0 rings (SSSR count). The van der Waals surface area contributed by atoms with Crippen molar-refractivity contribution in [2.24, 2.45) is 0 Å². The van der Waals surface area contributed by atoms with E-state index in [4.69, 9.17) is 0 Å². The number of aliphatic hydroxyl groups excluding tert-OH is 1. The van der Waals surface area contributed by atoms with Gasteiger partial charge < -0.3 is 15.3 Å². The van der Waals surface area contributed by atoms with Crippen molar-refractivity contribution in [2.45, 2.75) is 302 Å². The molecule has 6 nitrogen and oxygen atoms in total. The van der Waals surface area contributed by atoms with Gasteiger partial charge in [-0.25, -0.2) is 0 Å². The van der Waals surface area contributed by atoms with Gasteiger partial charge in [-0.2, -0.15) is 0 Å². The minimum atomic E-state index is -2.93. The molecule has 0 bridgehead atoms. The lowest BCUT2D eigenvalue weighted by Crippen LogP contribution is -2.69. The molecule has 2 unspecified atom stereocenters. The van der Waals surface area contributed by atoms with Gasteiger partial charge in [-0.15, -0.1) is 0 Å². The summed E-state index contributed by atoms with van der Waals surface area (Å²) in [7, 11) is 0. The largest absolute Gasteiger partial charge is 0.393 e.